The Kier molecular flexibility index (Phi) is 6.13. The van der Waals surface area contributed by atoms with Gasteiger partial charge in [0.1, 0.15) is 16.4 Å². The van der Waals surface area contributed by atoms with Crippen LogP contribution in [0.5, 0.6) is 5.75 Å². The molecule has 0 saturated heterocycles. The van der Waals surface area contributed by atoms with Gasteiger partial charge in [-0.2, -0.15) is 0 Å². The van der Waals surface area contributed by atoms with Crippen molar-refractivity contribution in [3.05, 3.63) is 73.6 Å². The zero-order valence-electron chi connectivity index (χ0n) is 15.4. The lowest BCUT2D eigenvalue weighted by Gasteiger charge is -2.09. The Morgan fingerprint density at radius 1 is 1.24 bits per heavy atom. The van der Waals surface area contributed by atoms with Crippen LogP contribution in [0.2, 0.25) is 5.02 Å². The van der Waals surface area contributed by atoms with Crippen molar-refractivity contribution in [2.45, 2.75) is 19.8 Å². The summed E-state index contributed by atoms with van der Waals surface area (Å²) in [6, 6.07) is 10.4. The van der Waals surface area contributed by atoms with Crippen LogP contribution in [0.3, 0.4) is 0 Å². The fourth-order valence-electron chi connectivity index (χ4n) is 2.85. The highest BCUT2D eigenvalue weighted by atomic mass is 35.5. The van der Waals surface area contributed by atoms with E-state index in [0.29, 0.717) is 11.3 Å². The molecular formula is C20H17ClN2O6. The van der Waals surface area contributed by atoms with E-state index in [4.69, 9.17) is 20.8 Å². The number of nitrogens with zero attached hydrogens (tertiary/aromatic N) is 1. The number of amides is 1. The average molecular weight is 417 g/mol. The average Bonchev–Trinajstić information content (AvgIpc) is 2.67. The maximum absolute atomic E-state index is 12.1. The van der Waals surface area contributed by atoms with E-state index in [1.807, 2.05) is 6.92 Å². The number of benzene rings is 2. The largest absolute Gasteiger partial charge is 0.484 e. The van der Waals surface area contributed by atoms with Crippen molar-refractivity contribution < 1.29 is 18.9 Å². The van der Waals surface area contributed by atoms with E-state index in [1.54, 1.807) is 18.2 Å². The summed E-state index contributed by atoms with van der Waals surface area (Å²) in [4.78, 5) is 34.1. The zero-order chi connectivity index (χ0) is 21.0. The predicted octanol–water partition coefficient (Wildman–Crippen LogP) is 4.32. The van der Waals surface area contributed by atoms with Gasteiger partial charge in [0, 0.05) is 29.3 Å². The molecule has 29 heavy (non-hydrogen) atoms. The van der Waals surface area contributed by atoms with Crippen LogP contribution in [0.1, 0.15) is 18.9 Å². The number of halogens is 1. The van der Waals surface area contributed by atoms with Crippen molar-refractivity contribution in [2.75, 3.05) is 11.9 Å². The van der Waals surface area contributed by atoms with Gasteiger partial charge in [-0.1, -0.05) is 24.9 Å². The van der Waals surface area contributed by atoms with E-state index in [1.165, 1.54) is 24.3 Å². The molecule has 0 aliphatic carbocycles. The number of rotatable bonds is 7. The van der Waals surface area contributed by atoms with Gasteiger partial charge in [0.2, 0.25) is 0 Å². The molecule has 1 heterocycles. The highest BCUT2D eigenvalue weighted by Crippen LogP contribution is 2.27. The molecule has 150 valence electrons. The number of nitro benzene ring substituents is 1. The van der Waals surface area contributed by atoms with Crippen molar-refractivity contribution in [2.24, 2.45) is 0 Å². The fourth-order valence-corrected chi connectivity index (χ4v) is 3.04. The summed E-state index contributed by atoms with van der Waals surface area (Å²) in [7, 11) is 0. The highest BCUT2D eigenvalue weighted by molar-refractivity contribution is 6.32. The van der Waals surface area contributed by atoms with Crippen LogP contribution in [0.15, 0.2) is 51.7 Å². The minimum Gasteiger partial charge on any atom is -0.484 e. The standard InChI is InChI=1S/C20H17ClN2O6/c1-2-3-12-8-20(25)29-18-10-14(5-6-15(12)18)28-11-19(24)22-13-4-7-16(21)17(9-13)23(26)27/h4-10H,2-3,11H2,1H3,(H,22,24). The van der Waals surface area contributed by atoms with Gasteiger partial charge in [-0.3, -0.25) is 14.9 Å². The Hall–Kier alpha value is -3.39. The summed E-state index contributed by atoms with van der Waals surface area (Å²) in [6.07, 6.45) is 1.64. The first-order chi connectivity index (χ1) is 13.9. The highest BCUT2D eigenvalue weighted by Gasteiger charge is 2.14. The first kappa shape index (κ1) is 20.3. The minimum absolute atomic E-state index is 0.0238. The quantitative estimate of drug-likeness (QED) is 0.348. The molecule has 2 aromatic carbocycles. The number of carbonyl (C=O) groups excluding carboxylic acids is 1. The second kappa shape index (κ2) is 8.74. The number of nitrogens with one attached hydrogen (secondary N) is 1. The van der Waals surface area contributed by atoms with Crippen molar-refractivity contribution in [1.82, 2.24) is 0 Å². The minimum atomic E-state index is -0.635. The molecular weight excluding hydrogens is 400 g/mol. The molecule has 9 heteroatoms. The molecule has 0 unspecified atom stereocenters. The van der Waals surface area contributed by atoms with E-state index in [2.05, 4.69) is 5.32 Å². The van der Waals surface area contributed by atoms with E-state index in [0.717, 1.165) is 23.8 Å². The summed E-state index contributed by atoms with van der Waals surface area (Å²) in [5, 5.41) is 14.2. The Morgan fingerprint density at radius 2 is 2.03 bits per heavy atom. The molecule has 0 spiro atoms. The Bertz CT molecular complexity index is 1140. The number of fused-ring (bicyclic) bond motifs is 1. The molecule has 0 saturated carbocycles. The number of ether oxygens (including phenoxy) is 1. The third-order valence-corrected chi connectivity index (χ3v) is 4.44. The number of carbonyl (C=O) groups is 1. The van der Waals surface area contributed by atoms with Crippen LogP contribution in [-0.4, -0.2) is 17.4 Å². The van der Waals surface area contributed by atoms with Crippen molar-refractivity contribution in [3.8, 4) is 5.75 Å². The summed E-state index contributed by atoms with van der Waals surface area (Å²) in [5.41, 5.74) is 0.751. The van der Waals surface area contributed by atoms with Crippen LogP contribution in [-0.2, 0) is 11.2 Å². The van der Waals surface area contributed by atoms with E-state index in [9.17, 15) is 19.7 Å². The molecule has 1 aromatic heterocycles. The Balaban J connectivity index is 1.70. The lowest BCUT2D eigenvalue weighted by molar-refractivity contribution is -0.384. The van der Waals surface area contributed by atoms with Gasteiger partial charge < -0.3 is 14.5 Å². The van der Waals surface area contributed by atoms with E-state index in [-0.39, 0.29) is 23.0 Å². The first-order valence-electron chi connectivity index (χ1n) is 8.80. The van der Waals surface area contributed by atoms with E-state index >= 15 is 0 Å². The topological polar surface area (TPSA) is 112 Å². The van der Waals surface area contributed by atoms with Crippen LogP contribution in [0.25, 0.3) is 11.0 Å². The van der Waals surface area contributed by atoms with Crippen molar-refractivity contribution in [1.29, 1.82) is 0 Å². The summed E-state index contributed by atoms with van der Waals surface area (Å²) >= 11 is 5.75. The first-order valence-corrected chi connectivity index (χ1v) is 9.18. The van der Waals surface area contributed by atoms with Crippen LogP contribution in [0, 0.1) is 10.1 Å². The SMILES string of the molecule is CCCc1cc(=O)oc2cc(OCC(=O)Nc3ccc(Cl)c([N+](=O)[O-])c3)ccc12. The third kappa shape index (κ3) is 4.91. The Labute approximate surface area is 170 Å². The number of nitro groups is 1. The third-order valence-electron chi connectivity index (χ3n) is 4.12. The van der Waals surface area contributed by atoms with Gasteiger partial charge in [-0.05, 0) is 36.2 Å². The number of hydrogen-bond acceptors (Lipinski definition) is 6. The van der Waals surface area contributed by atoms with Crippen LogP contribution < -0.4 is 15.7 Å². The fraction of sp³-hybridized carbons (Fsp3) is 0.200. The molecule has 3 rings (SSSR count). The number of hydrogen-bond donors (Lipinski definition) is 1. The maximum Gasteiger partial charge on any atom is 0.336 e. The molecule has 0 bridgehead atoms. The molecule has 0 atom stereocenters. The monoisotopic (exact) mass is 416 g/mol. The summed E-state index contributed by atoms with van der Waals surface area (Å²) < 4.78 is 10.7. The smallest absolute Gasteiger partial charge is 0.336 e. The molecule has 1 amide bonds. The summed E-state index contributed by atoms with van der Waals surface area (Å²) in [5.74, 6) is -0.158. The molecule has 0 aliphatic rings. The molecule has 3 aromatic rings. The summed E-state index contributed by atoms with van der Waals surface area (Å²) in [6.45, 7) is 1.69. The maximum atomic E-state index is 12.1. The molecule has 1 N–H and O–H groups in total. The zero-order valence-corrected chi connectivity index (χ0v) is 16.2. The predicted molar refractivity (Wildman–Crippen MR) is 109 cm³/mol. The Morgan fingerprint density at radius 3 is 2.76 bits per heavy atom. The number of anilines is 1. The lowest BCUT2D eigenvalue weighted by Crippen LogP contribution is -2.20. The van der Waals surface area contributed by atoms with Crippen LogP contribution >= 0.6 is 11.6 Å². The van der Waals surface area contributed by atoms with Gasteiger partial charge >= 0.3 is 5.63 Å². The van der Waals surface area contributed by atoms with Crippen LogP contribution in [0.4, 0.5) is 11.4 Å². The van der Waals surface area contributed by atoms with Gasteiger partial charge in [0.05, 0.1) is 4.92 Å². The van der Waals surface area contributed by atoms with Crippen molar-refractivity contribution in [3.63, 3.8) is 0 Å². The number of aryl methyl sites for hydroxylation is 1. The second-order valence-corrected chi connectivity index (χ2v) is 6.67. The molecule has 8 nitrogen and oxygen atoms in total. The van der Waals surface area contributed by atoms with Gasteiger partial charge in [-0.15, -0.1) is 0 Å². The lowest BCUT2D eigenvalue weighted by atomic mass is 10.1. The van der Waals surface area contributed by atoms with Gasteiger partial charge in [0.25, 0.3) is 11.6 Å². The van der Waals surface area contributed by atoms with Gasteiger partial charge in [0.15, 0.2) is 6.61 Å². The van der Waals surface area contributed by atoms with Crippen molar-refractivity contribution >= 4 is 39.9 Å². The molecule has 0 radical (unpaired) electrons. The molecule has 0 fully saturated rings. The second-order valence-electron chi connectivity index (χ2n) is 6.26. The normalized spacial score (nSPS) is 10.7. The van der Waals surface area contributed by atoms with Gasteiger partial charge in [-0.25, -0.2) is 4.79 Å². The molecule has 0 aliphatic heterocycles. The van der Waals surface area contributed by atoms with E-state index < -0.39 is 16.5 Å².